The summed E-state index contributed by atoms with van der Waals surface area (Å²) in [5, 5.41) is 15.1. The van der Waals surface area contributed by atoms with Crippen molar-refractivity contribution < 1.29 is 18.3 Å². The standard InChI is InChI=1S/C16H18ClF3N4O/c1-8-4-5-11(17)10(3)14(8)23-13-6-12(16(18,19)20)22-15(24-13)21-9(2)7-25/h4-6,9,25H,7H2,1-3H3,(H2,21,22,23,24)/t9-/m0/s1. The molecule has 1 aromatic carbocycles. The van der Waals surface area contributed by atoms with Crippen LogP contribution in [0.4, 0.5) is 30.6 Å². The number of aliphatic hydroxyl groups excluding tert-OH is 1. The Hall–Kier alpha value is -2.06. The second kappa shape index (κ2) is 7.45. The minimum Gasteiger partial charge on any atom is -0.394 e. The van der Waals surface area contributed by atoms with E-state index in [4.69, 9.17) is 16.7 Å². The molecule has 0 saturated carbocycles. The number of aliphatic hydroxyl groups is 1. The maximum absolute atomic E-state index is 13.1. The van der Waals surface area contributed by atoms with Crippen molar-refractivity contribution in [2.24, 2.45) is 0 Å². The first-order chi connectivity index (χ1) is 11.6. The number of halogens is 4. The molecule has 1 heterocycles. The molecule has 0 spiro atoms. The number of benzene rings is 1. The number of aryl methyl sites for hydroxylation is 1. The molecule has 0 bridgehead atoms. The van der Waals surface area contributed by atoms with Gasteiger partial charge in [0.15, 0.2) is 5.69 Å². The van der Waals surface area contributed by atoms with E-state index in [9.17, 15) is 13.2 Å². The summed E-state index contributed by atoms with van der Waals surface area (Å²) < 4.78 is 39.3. The quantitative estimate of drug-likeness (QED) is 0.727. The molecular weight excluding hydrogens is 357 g/mol. The van der Waals surface area contributed by atoms with E-state index in [-0.39, 0.29) is 18.4 Å². The summed E-state index contributed by atoms with van der Waals surface area (Å²) in [6.45, 7) is 4.90. The molecule has 0 aliphatic heterocycles. The first kappa shape index (κ1) is 19.3. The van der Waals surface area contributed by atoms with Gasteiger partial charge in [-0.3, -0.25) is 0 Å². The van der Waals surface area contributed by atoms with E-state index in [0.29, 0.717) is 16.3 Å². The minimum absolute atomic E-state index is 0.0246. The molecule has 0 amide bonds. The first-order valence-corrected chi connectivity index (χ1v) is 7.86. The van der Waals surface area contributed by atoms with Gasteiger partial charge in [0, 0.05) is 22.8 Å². The number of aromatic nitrogens is 2. The fraction of sp³-hybridized carbons (Fsp3) is 0.375. The fourth-order valence-electron chi connectivity index (χ4n) is 2.13. The molecule has 1 aromatic heterocycles. The second-order valence-electron chi connectivity index (χ2n) is 5.68. The molecule has 2 aromatic rings. The molecule has 2 rings (SSSR count). The molecule has 0 aliphatic carbocycles. The van der Waals surface area contributed by atoms with Crippen LogP contribution in [0.5, 0.6) is 0 Å². The predicted molar refractivity (Wildman–Crippen MR) is 91.4 cm³/mol. The Morgan fingerprint density at radius 1 is 1.24 bits per heavy atom. The summed E-state index contributed by atoms with van der Waals surface area (Å²) in [5.41, 5.74) is 1.01. The molecular formula is C16H18ClF3N4O. The third-order valence-corrected chi connectivity index (χ3v) is 3.94. The van der Waals surface area contributed by atoms with Gasteiger partial charge in [-0.15, -0.1) is 0 Å². The van der Waals surface area contributed by atoms with Crippen molar-refractivity contribution in [2.75, 3.05) is 17.2 Å². The van der Waals surface area contributed by atoms with Gasteiger partial charge >= 0.3 is 6.18 Å². The Kier molecular flexibility index (Phi) is 5.74. The highest BCUT2D eigenvalue weighted by Gasteiger charge is 2.34. The zero-order valence-corrected chi connectivity index (χ0v) is 14.6. The number of anilines is 3. The summed E-state index contributed by atoms with van der Waals surface area (Å²) in [6, 6.07) is 3.81. The van der Waals surface area contributed by atoms with E-state index in [1.165, 1.54) is 0 Å². The van der Waals surface area contributed by atoms with E-state index < -0.39 is 17.9 Å². The van der Waals surface area contributed by atoms with Crippen molar-refractivity contribution in [3.63, 3.8) is 0 Å². The average Bonchev–Trinajstić information content (AvgIpc) is 2.54. The van der Waals surface area contributed by atoms with Crippen LogP contribution >= 0.6 is 11.6 Å². The Morgan fingerprint density at radius 2 is 1.92 bits per heavy atom. The average molecular weight is 375 g/mol. The highest BCUT2D eigenvalue weighted by molar-refractivity contribution is 6.31. The summed E-state index contributed by atoms with van der Waals surface area (Å²) in [4.78, 5) is 7.53. The summed E-state index contributed by atoms with van der Waals surface area (Å²) >= 11 is 6.08. The van der Waals surface area contributed by atoms with Gasteiger partial charge in [0.05, 0.1) is 6.61 Å². The van der Waals surface area contributed by atoms with Crippen molar-refractivity contribution in [1.29, 1.82) is 0 Å². The first-order valence-electron chi connectivity index (χ1n) is 7.48. The van der Waals surface area contributed by atoms with Crippen LogP contribution in [0.15, 0.2) is 18.2 Å². The second-order valence-corrected chi connectivity index (χ2v) is 6.08. The van der Waals surface area contributed by atoms with Crippen LogP contribution in [-0.4, -0.2) is 27.7 Å². The molecule has 1 atom stereocenters. The number of nitrogens with zero attached hydrogens (tertiary/aromatic N) is 2. The van der Waals surface area contributed by atoms with Crippen LogP contribution in [0.1, 0.15) is 23.7 Å². The van der Waals surface area contributed by atoms with Gasteiger partial charge in [0.1, 0.15) is 5.82 Å². The smallest absolute Gasteiger partial charge is 0.394 e. The van der Waals surface area contributed by atoms with Crippen LogP contribution in [0.25, 0.3) is 0 Å². The summed E-state index contributed by atoms with van der Waals surface area (Å²) in [6.07, 6.45) is -4.63. The molecule has 0 radical (unpaired) electrons. The Balaban J connectivity index is 2.46. The van der Waals surface area contributed by atoms with Gasteiger partial charge in [0.25, 0.3) is 0 Å². The fourth-order valence-corrected chi connectivity index (χ4v) is 2.29. The lowest BCUT2D eigenvalue weighted by Gasteiger charge is -2.17. The zero-order valence-electron chi connectivity index (χ0n) is 13.9. The third kappa shape index (κ3) is 4.73. The lowest BCUT2D eigenvalue weighted by Crippen LogP contribution is -2.22. The van der Waals surface area contributed by atoms with Crippen molar-refractivity contribution in [2.45, 2.75) is 33.0 Å². The SMILES string of the molecule is Cc1ccc(Cl)c(C)c1Nc1cc(C(F)(F)F)nc(N[C@@H](C)CO)n1. The topological polar surface area (TPSA) is 70.1 Å². The minimum atomic E-state index is -4.63. The maximum Gasteiger partial charge on any atom is 0.433 e. The number of rotatable bonds is 5. The van der Waals surface area contributed by atoms with Gasteiger partial charge < -0.3 is 15.7 Å². The molecule has 25 heavy (non-hydrogen) atoms. The molecule has 9 heteroatoms. The summed E-state index contributed by atoms with van der Waals surface area (Å²) in [7, 11) is 0. The molecule has 3 N–H and O–H groups in total. The number of alkyl halides is 3. The maximum atomic E-state index is 13.1. The predicted octanol–water partition coefficient (Wildman–Crippen LogP) is 4.30. The van der Waals surface area contributed by atoms with Crippen molar-refractivity contribution >= 4 is 29.1 Å². The molecule has 0 fully saturated rings. The highest BCUT2D eigenvalue weighted by Crippen LogP contribution is 2.33. The van der Waals surface area contributed by atoms with Crippen LogP contribution in [-0.2, 0) is 6.18 Å². The van der Waals surface area contributed by atoms with Crippen molar-refractivity contribution in [3.05, 3.63) is 40.0 Å². The number of hydrogen-bond acceptors (Lipinski definition) is 5. The number of hydrogen-bond donors (Lipinski definition) is 3. The van der Waals surface area contributed by atoms with Crippen LogP contribution in [0.2, 0.25) is 5.02 Å². The van der Waals surface area contributed by atoms with E-state index in [2.05, 4.69) is 20.6 Å². The van der Waals surface area contributed by atoms with Crippen LogP contribution in [0, 0.1) is 13.8 Å². The van der Waals surface area contributed by atoms with Gasteiger partial charge in [-0.1, -0.05) is 17.7 Å². The monoisotopic (exact) mass is 374 g/mol. The normalized spacial score (nSPS) is 12.8. The Labute approximate surface area is 148 Å². The molecule has 0 unspecified atom stereocenters. The van der Waals surface area contributed by atoms with Gasteiger partial charge in [-0.25, -0.2) is 4.98 Å². The third-order valence-electron chi connectivity index (χ3n) is 3.53. The Morgan fingerprint density at radius 3 is 2.52 bits per heavy atom. The highest BCUT2D eigenvalue weighted by atomic mass is 35.5. The van der Waals surface area contributed by atoms with Crippen molar-refractivity contribution in [3.8, 4) is 0 Å². The van der Waals surface area contributed by atoms with E-state index in [0.717, 1.165) is 11.6 Å². The Bertz CT molecular complexity index is 768. The van der Waals surface area contributed by atoms with Gasteiger partial charge in [-0.2, -0.15) is 18.2 Å². The van der Waals surface area contributed by atoms with E-state index >= 15 is 0 Å². The molecule has 136 valence electrons. The summed E-state index contributed by atoms with van der Waals surface area (Å²) in [5.74, 6) is -0.250. The molecule has 5 nitrogen and oxygen atoms in total. The zero-order chi connectivity index (χ0) is 18.8. The largest absolute Gasteiger partial charge is 0.433 e. The van der Waals surface area contributed by atoms with E-state index in [1.807, 2.05) is 6.92 Å². The van der Waals surface area contributed by atoms with Crippen molar-refractivity contribution in [1.82, 2.24) is 9.97 Å². The van der Waals surface area contributed by atoms with Gasteiger partial charge in [-0.05, 0) is 38.0 Å². The lowest BCUT2D eigenvalue weighted by molar-refractivity contribution is -0.141. The number of nitrogens with one attached hydrogen (secondary N) is 2. The lowest BCUT2D eigenvalue weighted by atomic mass is 10.1. The van der Waals surface area contributed by atoms with E-state index in [1.54, 1.807) is 26.0 Å². The van der Waals surface area contributed by atoms with Crippen LogP contribution < -0.4 is 10.6 Å². The van der Waals surface area contributed by atoms with Gasteiger partial charge in [0.2, 0.25) is 5.95 Å². The molecule has 0 aliphatic rings. The molecule has 0 saturated heterocycles. The van der Waals surface area contributed by atoms with Crippen LogP contribution in [0.3, 0.4) is 0 Å².